The normalized spacial score (nSPS) is 21.6. The molecule has 0 amide bonds. The minimum absolute atomic E-state index is 0.150. The van der Waals surface area contributed by atoms with E-state index >= 15 is 0 Å². The van der Waals surface area contributed by atoms with Gasteiger partial charge in [-0.05, 0) is 35.4 Å². The minimum atomic E-state index is 0.150. The molecule has 3 heterocycles. The highest BCUT2D eigenvalue weighted by atomic mass is 16.5. The summed E-state index contributed by atoms with van der Waals surface area (Å²) in [6, 6.07) is 4.77. The lowest BCUT2D eigenvalue weighted by Gasteiger charge is -2.31. The maximum atomic E-state index is 5.54. The molecule has 4 rings (SSSR count). The van der Waals surface area contributed by atoms with Crippen LogP contribution in [-0.2, 0) is 4.74 Å². The maximum absolute atomic E-state index is 5.54. The molecule has 23 heavy (non-hydrogen) atoms. The van der Waals surface area contributed by atoms with Gasteiger partial charge in [0, 0.05) is 18.0 Å². The van der Waals surface area contributed by atoms with Crippen molar-refractivity contribution in [1.29, 1.82) is 0 Å². The zero-order valence-electron chi connectivity index (χ0n) is 13.3. The van der Waals surface area contributed by atoms with Crippen molar-refractivity contribution in [3.8, 4) is 0 Å². The minimum Gasteiger partial charge on any atom is -0.370 e. The fourth-order valence-electron chi connectivity index (χ4n) is 3.84. The summed E-state index contributed by atoms with van der Waals surface area (Å²) in [6.07, 6.45) is 8.61. The first kappa shape index (κ1) is 14.7. The third-order valence-corrected chi connectivity index (χ3v) is 5.03. The Morgan fingerprint density at radius 1 is 1.13 bits per heavy atom. The monoisotopic (exact) mass is 315 g/mol. The Bertz CT molecular complexity index is 619. The number of morpholine rings is 1. The van der Waals surface area contributed by atoms with Crippen molar-refractivity contribution in [3.05, 3.63) is 35.9 Å². The van der Waals surface area contributed by atoms with E-state index in [-0.39, 0.29) is 6.04 Å². The maximum Gasteiger partial charge on any atom is 0.214 e. The predicted molar refractivity (Wildman–Crippen MR) is 82.9 cm³/mol. The number of rotatable bonds is 4. The van der Waals surface area contributed by atoms with Crippen LogP contribution in [0.3, 0.4) is 0 Å². The van der Waals surface area contributed by atoms with Crippen LogP contribution >= 0.6 is 0 Å². The number of hydrogen-bond acceptors (Lipinski definition) is 5. The summed E-state index contributed by atoms with van der Waals surface area (Å²) in [7, 11) is 0. The van der Waals surface area contributed by atoms with Gasteiger partial charge in [0.25, 0.3) is 0 Å². The van der Waals surface area contributed by atoms with Crippen molar-refractivity contribution in [3.63, 3.8) is 0 Å². The molecule has 0 unspecified atom stereocenters. The van der Waals surface area contributed by atoms with E-state index in [0.29, 0.717) is 6.04 Å². The van der Waals surface area contributed by atoms with Gasteiger partial charge in [-0.25, -0.2) is 4.68 Å². The predicted octanol–water partition coefficient (Wildman–Crippen LogP) is 0.188. The molecular weight excluding hydrogens is 292 g/mol. The molecule has 0 radical (unpaired) electrons. The summed E-state index contributed by atoms with van der Waals surface area (Å²) in [5.74, 6) is 0.986. The smallest absolute Gasteiger partial charge is 0.214 e. The highest BCUT2D eigenvalue weighted by Crippen LogP contribution is 2.31. The van der Waals surface area contributed by atoms with Crippen LogP contribution in [-0.4, -0.2) is 51.5 Å². The number of quaternary nitrogens is 1. The molecule has 2 aliphatic rings. The van der Waals surface area contributed by atoms with Gasteiger partial charge in [0.15, 0.2) is 6.04 Å². The van der Waals surface area contributed by atoms with Crippen molar-refractivity contribution in [1.82, 2.24) is 25.2 Å². The van der Waals surface area contributed by atoms with Gasteiger partial charge in [-0.15, -0.1) is 5.10 Å². The van der Waals surface area contributed by atoms with Crippen molar-refractivity contribution in [2.24, 2.45) is 0 Å². The second-order valence-corrected chi connectivity index (χ2v) is 6.40. The topological polar surface area (TPSA) is 70.2 Å². The van der Waals surface area contributed by atoms with Gasteiger partial charge < -0.3 is 9.64 Å². The molecule has 0 spiro atoms. The Kier molecular flexibility index (Phi) is 4.30. The summed E-state index contributed by atoms with van der Waals surface area (Å²) in [5, 5.41) is 12.8. The van der Waals surface area contributed by atoms with E-state index in [1.807, 2.05) is 12.4 Å². The number of tetrazole rings is 1. The number of ether oxygens (including phenoxy) is 1. The lowest BCUT2D eigenvalue weighted by atomic mass is 10.0. The van der Waals surface area contributed by atoms with Crippen molar-refractivity contribution in [2.45, 2.75) is 37.8 Å². The Morgan fingerprint density at radius 3 is 2.61 bits per heavy atom. The van der Waals surface area contributed by atoms with Crippen molar-refractivity contribution < 1.29 is 9.64 Å². The molecule has 0 aromatic carbocycles. The van der Waals surface area contributed by atoms with E-state index in [1.54, 1.807) is 0 Å². The number of hydrogen-bond donors (Lipinski definition) is 1. The molecule has 1 saturated heterocycles. The molecule has 2 fully saturated rings. The lowest BCUT2D eigenvalue weighted by molar-refractivity contribution is -0.933. The molecule has 1 aliphatic heterocycles. The second-order valence-electron chi connectivity index (χ2n) is 6.40. The SMILES string of the molecule is c1cc([C@@H](c2nnnn2C2CCCC2)[NH+]2CCOCC2)ccn1. The second kappa shape index (κ2) is 6.72. The molecule has 1 N–H and O–H groups in total. The Morgan fingerprint density at radius 2 is 1.87 bits per heavy atom. The summed E-state index contributed by atoms with van der Waals surface area (Å²) >= 11 is 0. The number of nitrogens with zero attached hydrogens (tertiary/aromatic N) is 5. The fourth-order valence-corrected chi connectivity index (χ4v) is 3.84. The molecule has 1 atom stereocenters. The lowest BCUT2D eigenvalue weighted by Crippen LogP contribution is -3.14. The largest absolute Gasteiger partial charge is 0.370 e. The van der Waals surface area contributed by atoms with E-state index in [0.717, 1.165) is 32.1 Å². The zero-order chi connectivity index (χ0) is 15.5. The van der Waals surface area contributed by atoms with E-state index in [4.69, 9.17) is 4.74 Å². The molecule has 1 saturated carbocycles. The molecule has 7 heteroatoms. The van der Waals surface area contributed by atoms with Crippen LogP contribution in [0.4, 0.5) is 0 Å². The molecule has 0 bridgehead atoms. The summed E-state index contributed by atoms with van der Waals surface area (Å²) in [4.78, 5) is 5.63. The standard InChI is InChI=1S/C16H22N6O/c1-2-4-14(3-1)22-16(18-19-20-22)15(13-5-7-17-8-6-13)21-9-11-23-12-10-21/h5-8,14-15H,1-4,9-12H2/p+1/t15-/m0/s1. The Balaban J connectivity index is 1.71. The van der Waals surface area contributed by atoms with Gasteiger partial charge in [0.2, 0.25) is 5.82 Å². The highest BCUT2D eigenvalue weighted by Gasteiger charge is 2.34. The molecule has 1 aliphatic carbocycles. The van der Waals surface area contributed by atoms with Gasteiger partial charge in [-0.3, -0.25) is 4.98 Å². The summed E-state index contributed by atoms with van der Waals surface area (Å²) in [6.45, 7) is 3.54. The fraction of sp³-hybridized carbons (Fsp3) is 0.625. The zero-order valence-corrected chi connectivity index (χ0v) is 13.3. The molecule has 2 aromatic rings. The third-order valence-electron chi connectivity index (χ3n) is 5.03. The Hall–Kier alpha value is -1.86. The average Bonchev–Trinajstić information content (AvgIpc) is 3.28. The first-order chi connectivity index (χ1) is 11.4. The quantitative estimate of drug-likeness (QED) is 0.872. The number of aromatic nitrogens is 5. The van der Waals surface area contributed by atoms with Gasteiger partial charge >= 0.3 is 0 Å². The average molecular weight is 315 g/mol. The van der Waals surface area contributed by atoms with E-state index in [2.05, 4.69) is 37.3 Å². The van der Waals surface area contributed by atoms with Crippen LogP contribution in [0, 0.1) is 0 Å². The van der Waals surface area contributed by atoms with Crippen LogP contribution in [0.1, 0.15) is 49.2 Å². The van der Waals surface area contributed by atoms with Gasteiger partial charge in [0.05, 0.1) is 19.3 Å². The van der Waals surface area contributed by atoms with Crippen LogP contribution < -0.4 is 4.90 Å². The van der Waals surface area contributed by atoms with Gasteiger partial charge in [0.1, 0.15) is 13.1 Å². The third kappa shape index (κ3) is 2.98. The first-order valence-electron chi connectivity index (χ1n) is 8.53. The summed E-state index contributed by atoms with van der Waals surface area (Å²) in [5.41, 5.74) is 1.23. The Labute approximate surface area is 135 Å². The van der Waals surface area contributed by atoms with Crippen LogP contribution in [0.25, 0.3) is 0 Å². The van der Waals surface area contributed by atoms with Crippen molar-refractivity contribution >= 4 is 0 Å². The number of nitrogens with one attached hydrogen (secondary N) is 1. The van der Waals surface area contributed by atoms with Crippen LogP contribution in [0.2, 0.25) is 0 Å². The molecular formula is C16H23N6O+. The number of pyridine rings is 1. The van der Waals surface area contributed by atoms with Crippen molar-refractivity contribution in [2.75, 3.05) is 26.3 Å². The first-order valence-corrected chi connectivity index (χ1v) is 8.53. The highest BCUT2D eigenvalue weighted by molar-refractivity contribution is 5.19. The van der Waals surface area contributed by atoms with Crippen LogP contribution in [0.15, 0.2) is 24.5 Å². The van der Waals surface area contributed by atoms with Crippen LogP contribution in [0.5, 0.6) is 0 Å². The van der Waals surface area contributed by atoms with E-state index < -0.39 is 0 Å². The van der Waals surface area contributed by atoms with E-state index in [9.17, 15) is 0 Å². The van der Waals surface area contributed by atoms with E-state index in [1.165, 1.54) is 36.1 Å². The van der Waals surface area contributed by atoms with Gasteiger partial charge in [-0.2, -0.15) is 0 Å². The summed E-state index contributed by atoms with van der Waals surface area (Å²) < 4.78 is 7.63. The van der Waals surface area contributed by atoms with Gasteiger partial charge in [-0.1, -0.05) is 12.8 Å². The molecule has 7 nitrogen and oxygen atoms in total. The molecule has 122 valence electrons. The molecule has 2 aromatic heterocycles.